The van der Waals surface area contributed by atoms with E-state index in [0.29, 0.717) is 24.7 Å². The zero-order valence-corrected chi connectivity index (χ0v) is 11.8. The van der Waals surface area contributed by atoms with Crippen LogP contribution in [0.15, 0.2) is 18.2 Å². The van der Waals surface area contributed by atoms with Gasteiger partial charge in [0.2, 0.25) is 0 Å². The van der Waals surface area contributed by atoms with Gasteiger partial charge in [-0.15, -0.1) is 0 Å². The number of alkyl halides is 4. The Morgan fingerprint density at radius 2 is 1.84 bits per heavy atom. The summed E-state index contributed by atoms with van der Waals surface area (Å²) in [7, 11) is 0. The molecule has 19 heavy (non-hydrogen) atoms. The highest BCUT2D eigenvalue weighted by Crippen LogP contribution is 2.38. The molecule has 1 aromatic carbocycles. The van der Waals surface area contributed by atoms with Crippen molar-refractivity contribution in [1.29, 1.82) is 0 Å². The summed E-state index contributed by atoms with van der Waals surface area (Å²) in [6.45, 7) is 1.16. The molecule has 0 N–H and O–H groups in total. The van der Waals surface area contributed by atoms with E-state index in [2.05, 4.69) is 15.9 Å². The van der Waals surface area contributed by atoms with Crippen LogP contribution in [-0.4, -0.2) is 19.4 Å². The molecule has 0 saturated heterocycles. The molecule has 0 fully saturated rings. The van der Waals surface area contributed by atoms with Gasteiger partial charge >= 0.3 is 6.18 Å². The van der Waals surface area contributed by atoms with Gasteiger partial charge in [0.1, 0.15) is 0 Å². The van der Waals surface area contributed by atoms with Gasteiger partial charge in [-0.1, -0.05) is 22.0 Å². The van der Waals surface area contributed by atoms with Crippen molar-refractivity contribution in [2.24, 2.45) is 0 Å². The minimum Gasteiger partial charge on any atom is -0.490 e. The Labute approximate surface area is 118 Å². The number of benzene rings is 1. The van der Waals surface area contributed by atoms with Crippen LogP contribution in [0.3, 0.4) is 0 Å². The van der Waals surface area contributed by atoms with Crippen molar-refractivity contribution in [2.45, 2.75) is 30.3 Å². The molecule has 1 aliphatic rings. The molecule has 0 aliphatic carbocycles. The molecule has 0 aromatic heterocycles. The molecule has 2 rings (SSSR count). The van der Waals surface area contributed by atoms with Gasteiger partial charge in [0, 0.05) is 17.7 Å². The van der Waals surface area contributed by atoms with Gasteiger partial charge in [0.05, 0.1) is 13.2 Å². The van der Waals surface area contributed by atoms with E-state index in [-0.39, 0.29) is 11.2 Å². The van der Waals surface area contributed by atoms with Crippen molar-refractivity contribution < 1.29 is 22.6 Å². The fourth-order valence-corrected chi connectivity index (χ4v) is 2.35. The molecule has 0 radical (unpaired) electrons. The minimum absolute atomic E-state index is 0.00312. The van der Waals surface area contributed by atoms with Crippen LogP contribution < -0.4 is 9.47 Å². The van der Waals surface area contributed by atoms with Gasteiger partial charge in [-0.05, 0) is 24.1 Å². The molecule has 2 nitrogen and oxygen atoms in total. The van der Waals surface area contributed by atoms with Crippen LogP contribution in [0.4, 0.5) is 13.2 Å². The lowest BCUT2D eigenvalue weighted by molar-refractivity contribution is -0.135. The van der Waals surface area contributed by atoms with Gasteiger partial charge in [-0.2, -0.15) is 13.2 Å². The van der Waals surface area contributed by atoms with Crippen LogP contribution >= 0.6 is 15.9 Å². The molecule has 1 aromatic rings. The number of fused-ring (bicyclic) bond motifs is 1. The first-order valence-corrected chi connectivity index (χ1v) is 6.97. The predicted octanol–water partition coefficient (Wildman–Crippen LogP) is 4.63. The summed E-state index contributed by atoms with van der Waals surface area (Å²) >= 11 is 3.29. The highest BCUT2D eigenvalue weighted by molar-refractivity contribution is 9.09. The third-order valence-corrected chi connectivity index (χ3v) is 3.80. The molecule has 1 atom stereocenters. The molecule has 0 spiro atoms. The number of ether oxygens (including phenoxy) is 2. The van der Waals surface area contributed by atoms with Gasteiger partial charge in [-0.25, -0.2) is 0 Å². The Morgan fingerprint density at radius 1 is 1.16 bits per heavy atom. The first-order chi connectivity index (χ1) is 8.96. The topological polar surface area (TPSA) is 18.5 Å². The maximum Gasteiger partial charge on any atom is 0.389 e. The van der Waals surface area contributed by atoms with Crippen LogP contribution in [0, 0.1) is 0 Å². The Balaban J connectivity index is 2.06. The zero-order valence-electron chi connectivity index (χ0n) is 10.2. The second-order valence-electron chi connectivity index (χ2n) is 4.38. The average Bonchev–Trinajstić information content (AvgIpc) is 2.59. The molecule has 106 valence electrons. The highest BCUT2D eigenvalue weighted by Gasteiger charge is 2.28. The van der Waals surface area contributed by atoms with E-state index in [1.807, 2.05) is 0 Å². The van der Waals surface area contributed by atoms with Crippen molar-refractivity contribution in [1.82, 2.24) is 0 Å². The van der Waals surface area contributed by atoms with Crippen LogP contribution in [0.2, 0.25) is 0 Å². The molecule has 6 heteroatoms. The lowest BCUT2D eigenvalue weighted by Gasteiger charge is -2.14. The van der Waals surface area contributed by atoms with Crippen molar-refractivity contribution >= 4 is 15.9 Å². The summed E-state index contributed by atoms with van der Waals surface area (Å²) in [6.07, 6.45) is -4.13. The average molecular weight is 339 g/mol. The molecule has 0 saturated carbocycles. The number of halogens is 4. The van der Waals surface area contributed by atoms with Crippen molar-refractivity contribution in [3.63, 3.8) is 0 Å². The molecule has 1 aliphatic heterocycles. The Morgan fingerprint density at radius 3 is 2.53 bits per heavy atom. The third kappa shape index (κ3) is 4.30. The van der Waals surface area contributed by atoms with Crippen LogP contribution in [0.5, 0.6) is 11.5 Å². The maximum atomic E-state index is 12.2. The Hall–Kier alpha value is -0.910. The lowest BCUT2D eigenvalue weighted by Crippen LogP contribution is -2.08. The summed E-state index contributed by atoms with van der Waals surface area (Å²) < 4.78 is 47.6. The highest BCUT2D eigenvalue weighted by atomic mass is 79.9. The fourth-order valence-electron chi connectivity index (χ4n) is 1.83. The summed E-state index contributed by atoms with van der Waals surface area (Å²) in [5.74, 6) is 1.25. The predicted molar refractivity (Wildman–Crippen MR) is 69.0 cm³/mol. The van der Waals surface area contributed by atoms with E-state index in [9.17, 15) is 13.2 Å². The largest absolute Gasteiger partial charge is 0.490 e. The molecular weight excluding hydrogens is 325 g/mol. The van der Waals surface area contributed by atoms with Gasteiger partial charge in [-0.3, -0.25) is 0 Å². The summed E-state index contributed by atoms with van der Waals surface area (Å²) in [6, 6.07) is 5.26. The second-order valence-corrected chi connectivity index (χ2v) is 5.48. The van der Waals surface area contributed by atoms with E-state index >= 15 is 0 Å². The Kier molecular flexibility index (Phi) is 4.60. The van der Waals surface area contributed by atoms with E-state index in [1.165, 1.54) is 0 Å². The van der Waals surface area contributed by atoms with Crippen LogP contribution in [-0.2, 0) is 0 Å². The van der Waals surface area contributed by atoms with Crippen molar-refractivity contribution in [3.05, 3.63) is 23.8 Å². The monoisotopic (exact) mass is 338 g/mol. The van der Waals surface area contributed by atoms with Gasteiger partial charge in [0.25, 0.3) is 0 Å². The standard InChI is InChI=1S/C13H14BrF3O2/c14-10(4-5-13(15,16)17)9-2-3-11-12(8-9)19-7-1-6-18-11/h2-3,8,10H,1,4-7H2. The molecule has 0 bridgehead atoms. The normalized spacial score (nSPS) is 16.8. The molecule has 1 heterocycles. The molecule has 1 unspecified atom stereocenters. The van der Waals surface area contributed by atoms with E-state index in [1.54, 1.807) is 18.2 Å². The number of rotatable bonds is 3. The quantitative estimate of drug-likeness (QED) is 0.748. The number of hydrogen-bond acceptors (Lipinski definition) is 2. The van der Waals surface area contributed by atoms with E-state index in [0.717, 1.165) is 12.0 Å². The summed E-state index contributed by atoms with van der Waals surface area (Å²) in [5.41, 5.74) is 0.772. The SMILES string of the molecule is FC(F)(F)CCC(Br)c1ccc2c(c1)OCCCO2. The minimum atomic E-state index is -4.13. The van der Waals surface area contributed by atoms with Crippen LogP contribution in [0.1, 0.15) is 29.7 Å². The van der Waals surface area contributed by atoms with Crippen LogP contribution in [0.25, 0.3) is 0 Å². The summed E-state index contributed by atoms with van der Waals surface area (Å²) in [5, 5.41) is 0. The smallest absolute Gasteiger partial charge is 0.389 e. The maximum absolute atomic E-state index is 12.2. The van der Waals surface area contributed by atoms with E-state index in [4.69, 9.17) is 9.47 Å². The fraction of sp³-hybridized carbons (Fsp3) is 0.538. The zero-order chi connectivity index (χ0) is 13.9. The first kappa shape index (κ1) is 14.5. The first-order valence-electron chi connectivity index (χ1n) is 6.06. The van der Waals surface area contributed by atoms with Gasteiger partial charge < -0.3 is 9.47 Å². The van der Waals surface area contributed by atoms with E-state index < -0.39 is 12.6 Å². The molecular formula is C13H14BrF3O2. The lowest BCUT2D eigenvalue weighted by atomic mass is 10.1. The Bertz CT molecular complexity index is 434. The molecule has 0 amide bonds. The summed E-state index contributed by atoms with van der Waals surface area (Å²) in [4.78, 5) is -0.341. The van der Waals surface area contributed by atoms with Gasteiger partial charge in [0.15, 0.2) is 11.5 Å². The third-order valence-electron chi connectivity index (χ3n) is 2.81. The van der Waals surface area contributed by atoms with Crippen molar-refractivity contribution in [3.8, 4) is 11.5 Å². The van der Waals surface area contributed by atoms with Crippen molar-refractivity contribution in [2.75, 3.05) is 13.2 Å². The number of hydrogen-bond donors (Lipinski definition) is 0. The second kappa shape index (κ2) is 6.03.